The summed E-state index contributed by atoms with van der Waals surface area (Å²) in [6, 6.07) is 8.62. The maximum Gasteiger partial charge on any atom is 0.332 e. The molecule has 172 valence electrons. The van der Waals surface area contributed by atoms with Gasteiger partial charge in [0.1, 0.15) is 12.1 Å². The van der Waals surface area contributed by atoms with Crippen LogP contribution < -0.4 is 21.9 Å². The molecule has 1 atom stereocenters. The number of hydrogen-bond acceptors (Lipinski definition) is 7. The van der Waals surface area contributed by atoms with Gasteiger partial charge in [0.05, 0.1) is 24.2 Å². The number of hydrogen-bond donors (Lipinski definition) is 1. The number of anilines is 1. The molecule has 1 aliphatic heterocycles. The van der Waals surface area contributed by atoms with E-state index in [1.165, 1.54) is 16.7 Å². The van der Waals surface area contributed by atoms with Crippen molar-refractivity contribution in [2.45, 2.75) is 38.9 Å². The molecule has 0 spiro atoms. The Morgan fingerprint density at radius 1 is 1.18 bits per heavy atom. The predicted molar refractivity (Wildman–Crippen MR) is 127 cm³/mol. The molecule has 1 aromatic carbocycles. The number of nitriles is 2. The molecule has 2 aromatic heterocycles. The average Bonchev–Trinajstić information content (AvgIpc) is 3.23. The number of rotatable bonds is 4. The minimum Gasteiger partial charge on any atom is -0.341 e. The lowest BCUT2D eigenvalue weighted by atomic mass is 10.1. The van der Waals surface area contributed by atoms with Gasteiger partial charge in [-0.3, -0.25) is 18.5 Å². The van der Waals surface area contributed by atoms with Crippen LogP contribution in [0.1, 0.15) is 36.5 Å². The smallest absolute Gasteiger partial charge is 0.332 e. The molecule has 10 nitrogen and oxygen atoms in total. The number of nitrogens with two attached hydrogens (primary N) is 1. The second kappa shape index (κ2) is 9.27. The van der Waals surface area contributed by atoms with Crippen molar-refractivity contribution in [2.24, 2.45) is 12.8 Å². The van der Waals surface area contributed by atoms with Crippen molar-refractivity contribution in [1.29, 1.82) is 10.5 Å². The van der Waals surface area contributed by atoms with Crippen LogP contribution in [0, 0.1) is 34.5 Å². The normalized spacial score (nSPS) is 15.4. The van der Waals surface area contributed by atoms with Crippen molar-refractivity contribution in [1.82, 2.24) is 18.7 Å². The Morgan fingerprint density at radius 3 is 2.62 bits per heavy atom. The third-order valence-corrected chi connectivity index (χ3v) is 6.03. The van der Waals surface area contributed by atoms with Gasteiger partial charge >= 0.3 is 5.69 Å². The van der Waals surface area contributed by atoms with E-state index in [1.807, 2.05) is 17.0 Å². The third kappa shape index (κ3) is 3.94. The molecule has 1 fully saturated rings. The van der Waals surface area contributed by atoms with Crippen LogP contribution in [0.3, 0.4) is 0 Å². The van der Waals surface area contributed by atoms with E-state index >= 15 is 0 Å². The van der Waals surface area contributed by atoms with Crippen LogP contribution in [0.2, 0.25) is 0 Å². The first-order valence-electron chi connectivity index (χ1n) is 10.9. The zero-order valence-electron chi connectivity index (χ0n) is 19.1. The molecule has 0 saturated carbocycles. The van der Waals surface area contributed by atoms with Gasteiger partial charge in [-0.15, -0.1) is 5.92 Å². The Balaban J connectivity index is 1.91. The van der Waals surface area contributed by atoms with Crippen molar-refractivity contribution >= 4 is 17.1 Å². The van der Waals surface area contributed by atoms with E-state index in [9.17, 15) is 14.9 Å². The molecule has 34 heavy (non-hydrogen) atoms. The van der Waals surface area contributed by atoms with Crippen molar-refractivity contribution in [3.05, 3.63) is 55.7 Å². The number of piperidine rings is 1. The fourth-order valence-electron chi connectivity index (χ4n) is 4.30. The summed E-state index contributed by atoms with van der Waals surface area (Å²) in [5, 5.41) is 18.5. The van der Waals surface area contributed by atoms with Gasteiger partial charge in [0, 0.05) is 26.2 Å². The summed E-state index contributed by atoms with van der Waals surface area (Å²) >= 11 is 0. The van der Waals surface area contributed by atoms with Crippen LogP contribution in [0.25, 0.3) is 11.2 Å². The van der Waals surface area contributed by atoms with E-state index in [0.29, 0.717) is 18.1 Å². The summed E-state index contributed by atoms with van der Waals surface area (Å²) in [4.78, 5) is 33.5. The van der Waals surface area contributed by atoms with E-state index in [1.54, 1.807) is 24.6 Å². The Bertz CT molecular complexity index is 1530. The van der Waals surface area contributed by atoms with Gasteiger partial charge in [0.25, 0.3) is 5.56 Å². The molecule has 1 saturated heterocycles. The van der Waals surface area contributed by atoms with Crippen LogP contribution in [0.5, 0.6) is 0 Å². The fourth-order valence-corrected chi connectivity index (χ4v) is 4.30. The Kier molecular flexibility index (Phi) is 6.23. The number of aryl methyl sites for hydroxylation is 1. The molecule has 3 aromatic rings. The highest BCUT2D eigenvalue weighted by molar-refractivity contribution is 5.75. The predicted octanol–water partition coefficient (Wildman–Crippen LogP) is 0.639. The lowest BCUT2D eigenvalue weighted by Gasteiger charge is -2.31. The summed E-state index contributed by atoms with van der Waals surface area (Å²) in [5.74, 6) is 6.43. The molecule has 4 rings (SSSR count). The molecule has 0 bridgehead atoms. The topological polar surface area (TPSA) is 139 Å². The van der Waals surface area contributed by atoms with E-state index in [-0.39, 0.29) is 41.4 Å². The van der Waals surface area contributed by atoms with Gasteiger partial charge in [-0.1, -0.05) is 12.0 Å². The summed E-state index contributed by atoms with van der Waals surface area (Å²) < 4.78 is 4.23. The molecule has 3 heterocycles. The average molecular weight is 457 g/mol. The van der Waals surface area contributed by atoms with E-state index < -0.39 is 11.2 Å². The molecular formula is C24H24N8O2. The lowest BCUT2D eigenvalue weighted by Crippen LogP contribution is -2.44. The van der Waals surface area contributed by atoms with Gasteiger partial charge in [-0.25, -0.2) is 4.79 Å². The highest BCUT2D eigenvalue weighted by Crippen LogP contribution is 2.23. The lowest BCUT2D eigenvalue weighted by molar-refractivity contribution is 0.496. The minimum atomic E-state index is -0.520. The van der Waals surface area contributed by atoms with Crippen LogP contribution in [0.4, 0.5) is 5.95 Å². The van der Waals surface area contributed by atoms with Crippen molar-refractivity contribution in [3.63, 3.8) is 0 Å². The molecule has 10 heteroatoms. The van der Waals surface area contributed by atoms with E-state index in [4.69, 9.17) is 11.0 Å². The summed E-state index contributed by atoms with van der Waals surface area (Å²) in [6.07, 6.45) is 1.83. The van der Waals surface area contributed by atoms with E-state index in [0.717, 1.165) is 24.0 Å². The first-order chi connectivity index (χ1) is 16.4. The van der Waals surface area contributed by atoms with Crippen LogP contribution in [-0.2, 0) is 20.1 Å². The van der Waals surface area contributed by atoms with Crippen molar-refractivity contribution < 1.29 is 0 Å². The highest BCUT2D eigenvalue weighted by atomic mass is 16.2. The zero-order valence-corrected chi connectivity index (χ0v) is 19.1. The summed E-state index contributed by atoms with van der Waals surface area (Å²) in [6.45, 7) is 3.28. The SMILES string of the molecule is CC#CCn1c(N2CCCC(N)C2)nc2c1c(=O)n(Cc1ccc(C#N)c(C#N)c1)c(=O)n2C. The van der Waals surface area contributed by atoms with Gasteiger partial charge in [0.2, 0.25) is 5.95 Å². The van der Waals surface area contributed by atoms with Crippen LogP contribution in [-0.4, -0.2) is 37.8 Å². The fraction of sp³-hybridized carbons (Fsp3) is 0.375. The number of aromatic nitrogens is 4. The summed E-state index contributed by atoms with van der Waals surface area (Å²) in [5.41, 5.74) is 6.74. The molecule has 0 radical (unpaired) electrons. The number of nitrogens with zero attached hydrogens (tertiary/aromatic N) is 7. The second-order valence-electron chi connectivity index (χ2n) is 8.28. The largest absolute Gasteiger partial charge is 0.341 e. The maximum absolute atomic E-state index is 13.6. The highest BCUT2D eigenvalue weighted by Gasteiger charge is 2.26. The molecule has 0 aliphatic carbocycles. The van der Waals surface area contributed by atoms with Gasteiger partial charge in [-0.05, 0) is 37.5 Å². The summed E-state index contributed by atoms with van der Waals surface area (Å²) in [7, 11) is 1.58. The molecule has 2 N–H and O–H groups in total. The van der Waals surface area contributed by atoms with Crippen LogP contribution >= 0.6 is 0 Å². The number of benzene rings is 1. The first-order valence-corrected chi connectivity index (χ1v) is 10.9. The van der Waals surface area contributed by atoms with Crippen LogP contribution in [0.15, 0.2) is 27.8 Å². The number of imidazole rings is 1. The monoisotopic (exact) mass is 456 g/mol. The molecular weight excluding hydrogens is 432 g/mol. The minimum absolute atomic E-state index is 0.00506. The zero-order chi connectivity index (χ0) is 24.4. The second-order valence-corrected chi connectivity index (χ2v) is 8.28. The quantitative estimate of drug-likeness (QED) is 0.568. The van der Waals surface area contributed by atoms with Crippen molar-refractivity contribution in [3.8, 4) is 24.0 Å². The van der Waals surface area contributed by atoms with Gasteiger partial charge < -0.3 is 10.6 Å². The Hall–Kier alpha value is -4.33. The Labute approximate surface area is 196 Å². The van der Waals surface area contributed by atoms with Gasteiger partial charge in [0.15, 0.2) is 11.2 Å². The molecule has 0 amide bonds. The number of fused-ring (bicyclic) bond motifs is 1. The first kappa shape index (κ1) is 22.8. The van der Waals surface area contributed by atoms with E-state index in [2.05, 4.69) is 16.8 Å². The standard InChI is InChI=1S/C24H24N8O2/c1-3-4-10-31-20-21(28-23(31)30-9-5-6-19(27)15-30)29(2)24(34)32(22(20)33)14-16-7-8-17(12-25)18(11-16)13-26/h7-8,11,19H,5-6,9-10,14-15,27H2,1-2H3. The molecule has 1 aliphatic rings. The maximum atomic E-state index is 13.6. The third-order valence-electron chi connectivity index (χ3n) is 6.03. The Morgan fingerprint density at radius 2 is 1.94 bits per heavy atom. The van der Waals surface area contributed by atoms with Gasteiger partial charge in [-0.2, -0.15) is 15.5 Å². The molecule has 1 unspecified atom stereocenters. The van der Waals surface area contributed by atoms with Crippen molar-refractivity contribution in [2.75, 3.05) is 18.0 Å².